The number of aliphatic hydroxyl groups is 1. The van der Waals surface area contributed by atoms with Crippen molar-refractivity contribution in [3.63, 3.8) is 0 Å². The van der Waals surface area contributed by atoms with Gasteiger partial charge in [-0.3, -0.25) is 9.36 Å². The second-order valence-electron chi connectivity index (χ2n) is 7.08. The van der Waals surface area contributed by atoms with Crippen LogP contribution < -0.4 is 5.56 Å². The SMILES string of the molecule is CC(n1cnc2cc(Cl)ccc2c1=O)C(O)(Cn1ccnc1)c1ccc(F)cc1F. The van der Waals surface area contributed by atoms with E-state index in [2.05, 4.69) is 9.97 Å². The third-order valence-corrected chi connectivity index (χ3v) is 5.47. The molecule has 1 N–H and O–H groups in total. The zero-order valence-corrected chi connectivity index (χ0v) is 16.6. The second-order valence-corrected chi connectivity index (χ2v) is 7.51. The quantitative estimate of drug-likeness (QED) is 0.524. The summed E-state index contributed by atoms with van der Waals surface area (Å²) >= 11 is 5.97. The van der Waals surface area contributed by atoms with E-state index < -0.39 is 28.8 Å². The number of fused-ring (bicyclic) bond motifs is 1. The highest BCUT2D eigenvalue weighted by atomic mass is 35.5. The Labute approximate surface area is 175 Å². The summed E-state index contributed by atoms with van der Waals surface area (Å²) in [6, 6.07) is 6.66. The molecule has 2 aromatic carbocycles. The number of halogens is 3. The molecule has 0 aliphatic heterocycles. The number of imidazole rings is 1. The fourth-order valence-corrected chi connectivity index (χ4v) is 3.72. The Morgan fingerprint density at radius 3 is 2.70 bits per heavy atom. The van der Waals surface area contributed by atoms with Crippen molar-refractivity contribution >= 4 is 22.5 Å². The van der Waals surface area contributed by atoms with Gasteiger partial charge in [-0.1, -0.05) is 17.7 Å². The second kappa shape index (κ2) is 7.62. The summed E-state index contributed by atoms with van der Waals surface area (Å²) in [7, 11) is 0. The smallest absolute Gasteiger partial charge is 0.261 e. The Bertz CT molecular complexity index is 1280. The summed E-state index contributed by atoms with van der Waals surface area (Å²) in [4.78, 5) is 21.3. The number of hydrogen-bond acceptors (Lipinski definition) is 4. The van der Waals surface area contributed by atoms with Gasteiger partial charge in [-0.15, -0.1) is 0 Å². The van der Waals surface area contributed by atoms with Gasteiger partial charge in [0.05, 0.1) is 36.1 Å². The van der Waals surface area contributed by atoms with Crippen molar-refractivity contribution in [1.82, 2.24) is 19.1 Å². The van der Waals surface area contributed by atoms with E-state index in [1.54, 1.807) is 35.9 Å². The average Bonchev–Trinajstić information content (AvgIpc) is 3.20. The van der Waals surface area contributed by atoms with Crippen LogP contribution in [0.5, 0.6) is 0 Å². The van der Waals surface area contributed by atoms with E-state index in [4.69, 9.17) is 11.6 Å². The first-order chi connectivity index (χ1) is 14.3. The fourth-order valence-electron chi connectivity index (χ4n) is 3.56. The van der Waals surface area contributed by atoms with Gasteiger partial charge in [0.1, 0.15) is 17.2 Å². The van der Waals surface area contributed by atoms with Gasteiger partial charge in [-0.25, -0.2) is 18.7 Å². The van der Waals surface area contributed by atoms with Crippen LogP contribution in [0.1, 0.15) is 18.5 Å². The van der Waals surface area contributed by atoms with E-state index >= 15 is 0 Å². The Hall–Kier alpha value is -3.10. The minimum Gasteiger partial charge on any atom is -0.381 e. The first kappa shape index (κ1) is 20.2. The highest BCUT2D eigenvalue weighted by Crippen LogP contribution is 2.36. The van der Waals surface area contributed by atoms with Crippen molar-refractivity contribution in [3.8, 4) is 0 Å². The molecule has 2 aromatic heterocycles. The third kappa shape index (κ3) is 3.48. The maximum atomic E-state index is 14.7. The average molecular weight is 431 g/mol. The molecule has 0 spiro atoms. The Balaban J connectivity index is 1.88. The largest absolute Gasteiger partial charge is 0.381 e. The Morgan fingerprint density at radius 1 is 1.20 bits per heavy atom. The third-order valence-electron chi connectivity index (χ3n) is 5.23. The van der Waals surface area contributed by atoms with Crippen molar-refractivity contribution in [3.05, 3.63) is 94.0 Å². The predicted octanol–water partition coefficient (Wildman–Crippen LogP) is 3.67. The summed E-state index contributed by atoms with van der Waals surface area (Å²) < 4.78 is 31.0. The molecule has 0 aliphatic carbocycles. The van der Waals surface area contributed by atoms with E-state index in [9.17, 15) is 18.7 Å². The summed E-state index contributed by atoms with van der Waals surface area (Å²) in [5.74, 6) is -1.69. The predicted molar refractivity (Wildman–Crippen MR) is 108 cm³/mol. The molecule has 0 saturated carbocycles. The molecule has 0 fully saturated rings. The monoisotopic (exact) mass is 430 g/mol. The number of aromatic nitrogens is 4. The molecule has 4 rings (SSSR count). The molecule has 0 amide bonds. The van der Waals surface area contributed by atoms with Crippen LogP contribution in [0.2, 0.25) is 5.02 Å². The molecule has 2 heterocycles. The molecule has 6 nitrogen and oxygen atoms in total. The first-order valence-electron chi connectivity index (χ1n) is 9.09. The molecule has 4 aromatic rings. The summed E-state index contributed by atoms with van der Waals surface area (Å²) in [5, 5.41) is 12.4. The van der Waals surface area contributed by atoms with Gasteiger partial charge in [0, 0.05) is 29.0 Å². The lowest BCUT2D eigenvalue weighted by molar-refractivity contribution is -0.0315. The van der Waals surface area contributed by atoms with Crippen LogP contribution in [0.25, 0.3) is 10.9 Å². The molecule has 154 valence electrons. The molecule has 0 aliphatic rings. The Kier molecular flexibility index (Phi) is 5.13. The maximum absolute atomic E-state index is 14.7. The highest BCUT2D eigenvalue weighted by molar-refractivity contribution is 6.31. The molecule has 0 bridgehead atoms. The van der Waals surface area contributed by atoms with Crippen LogP contribution in [-0.2, 0) is 12.1 Å². The van der Waals surface area contributed by atoms with Crippen LogP contribution in [0, 0.1) is 11.6 Å². The molecule has 30 heavy (non-hydrogen) atoms. The van der Waals surface area contributed by atoms with Crippen molar-refractivity contribution in [1.29, 1.82) is 0 Å². The first-order valence-corrected chi connectivity index (χ1v) is 9.47. The molecule has 2 unspecified atom stereocenters. The standard InChI is InChI=1S/C21H17ClF2N4O2/c1-13(28-12-26-19-8-14(22)2-4-16(19)20(28)29)21(30,10-27-7-6-25-11-27)17-5-3-15(23)9-18(17)24/h2-9,11-13,30H,10H2,1H3. The zero-order valence-electron chi connectivity index (χ0n) is 15.8. The lowest BCUT2D eigenvalue weighted by Gasteiger charge is -2.36. The van der Waals surface area contributed by atoms with Crippen molar-refractivity contribution < 1.29 is 13.9 Å². The van der Waals surface area contributed by atoms with Crippen molar-refractivity contribution in [2.75, 3.05) is 0 Å². The fraction of sp³-hybridized carbons (Fsp3) is 0.190. The molecule has 0 saturated heterocycles. The topological polar surface area (TPSA) is 72.9 Å². The minimum atomic E-state index is -1.91. The van der Waals surface area contributed by atoms with Crippen molar-refractivity contribution in [2.45, 2.75) is 25.1 Å². The van der Waals surface area contributed by atoms with Crippen LogP contribution in [0.4, 0.5) is 8.78 Å². The van der Waals surface area contributed by atoms with E-state index in [-0.39, 0.29) is 12.1 Å². The lowest BCUT2D eigenvalue weighted by Crippen LogP contribution is -2.43. The molecule has 9 heteroatoms. The number of rotatable bonds is 5. The Morgan fingerprint density at radius 2 is 2.00 bits per heavy atom. The van der Waals surface area contributed by atoms with E-state index in [1.165, 1.54) is 29.5 Å². The van der Waals surface area contributed by atoms with Gasteiger partial charge >= 0.3 is 0 Å². The van der Waals surface area contributed by atoms with E-state index in [0.717, 1.165) is 6.07 Å². The summed E-state index contributed by atoms with van der Waals surface area (Å²) in [6.45, 7) is 1.45. The van der Waals surface area contributed by atoms with Crippen LogP contribution in [0.15, 0.2) is 66.2 Å². The minimum absolute atomic E-state index is 0.123. The molecular formula is C21H17ClF2N4O2. The molecule has 2 atom stereocenters. The van der Waals surface area contributed by atoms with Gasteiger partial charge in [-0.05, 0) is 31.2 Å². The van der Waals surface area contributed by atoms with Gasteiger partial charge in [-0.2, -0.15) is 0 Å². The van der Waals surface area contributed by atoms with E-state index in [0.29, 0.717) is 22.0 Å². The van der Waals surface area contributed by atoms with Crippen LogP contribution in [-0.4, -0.2) is 24.2 Å². The van der Waals surface area contributed by atoms with Gasteiger partial charge in [0.15, 0.2) is 0 Å². The van der Waals surface area contributed by atoms with Gasteiger partial charge < -0.3 is 9.67 Å². The number of benzene rings is 2. The van der Waals surface area contributed by atoms with Gasteiger partial charge in [0.25, 0.3) is 5.56 Å². The number of hydrogen-bond donors (Lipinski definition) is 1. The molecular weight excluding hydrogens is 414 g/mol. The maximum Gasteiger partial charge on any atom is 0.261 e. The van der Waals surface area contributed by atoms with Crippen LogP contribution in [0.3, 0.4) is 0 Å². The zero-order chi connectivity index (χ0) is 21.5. The van der Waals surface area contributed by atoms with Crippen molar-refractivity contribution in [2.24, 2.45) is 0 Å². The van der Waals surface area contributed by atoms with E-state index in [1.807, 2.05) is 0 Å². The van der Waals surface area contributed by atoms with Gasteiger partial charge in [0.2, 0.25) is 0 Å². The number of nitrogens with zero attached hydrogens (tertiary/aromatic N) is 4. The lowest BCUT2D eigenvalue weighted by atomic mass is 9.86. The van der Waals surface area contributed by atoms with Crippen LogP contribution >= 0.6 is 11.6 Å². The highest BCUT2D eigenvalue weighted by Gasteiger charge is 2.40. The summed E-state index contributed by atoms with van der Waals surface area (Å²) in [5.41, 5.74) is -2.07. The molecule has 0 radical (unpaired) electrons. The normalized spacial score (nSPS) is 14.6. The summed E-state index contributed by atoms with van der Waals surface area (Å²) in [6.07, 6.45) is 5.86.